The maximum atomic E-state index is 11.5. The molecule has 3 aromatic rings. The maximum absolute atomic E-state index is 11.5. The second kappa shape index (κ2) is 8.97. The molecule has 0 saturated carbocycles. The highest BCUT2D eigenvalue weighted by atomic mass is 32.7. The Morgan fingerprint density at radius 1 is 0.933 bits per heavy atom. The predicted molar refractivity (Wildman–Crippen MR) is 111 cm³/mol. The van der Waals surface area contributed by atoms with E-state index < -0.39 is 6.80 Å². The maximum Gasteiger partial charge on any atom is 0.388 e. The van der Waals surface area contributed by atoms with Crippen LogP contribution in [0.2, 0.25) is 0 Å². The van der Waals surface area contributed by atoms with Crippen molar-refractivity contribution in [3.05, 3.63) is 36.5 Å². The highest BCUT2D eigenvalue weighted by Gasteiger charge is 2.21. The zero-order valence-electron chi connectivity index (χ0n) is 16.6. The lowest BCUT2D eigenvalue weighted by atomic mass is 10.1. The summed E-state index contributed by atoms with van der Waals surface area (Å²) in [4.78, 5) is 19.0. The molecule has 30 heavy (non-hydrogen) atoms. The second-order valence-corrected chi connectivity index (χ2v) is 9.44. The van der Waals surface area contributed by atoms with E-state index in [0.717, 1.165) is 0 Å². The first-order chi connectivity index (χ1) is 14.3. The first-order valence-electron chi connectivity index (χ1n) is 8.46. The van der Waals surface area contributed by atoms with Crippen molar-refractivity contribution in [2.45, 2.75) is 4.90 Å². The van der Waals surface area contributed by atoms with Crippen molar-refractivity contribution in [1.29, 1.82) is 0 Å². The molecule has 3 rings (SSSR count). The van der Waals surface area contributed by atoms with E-state index in [1.807, 2.05) is 0 Å². The zero-order chi connectivity index (χ0) is 21.9. The third-order valence-corrected chi connectivity index (χ3v) is 6.18. The molecule has 0 spiro atoms. The summed E-state index contributed by atoms with van der Waals surface area (Å²) in [5, 5.41) is 8.12. The highest BCUT2D eigenvalue weighted by molar-refractivity contribution is 8.54. The van der Waals surface area contributed by atoms with Crippen LogP contribution in [-0.2, 0) is 4.57 Å². The van der Waals surface area contributed by atoms with Crippen molar-refractivity contribution in [2.24, 2.45) is 0 Å². The lowest BCUT2D eigenvalue weighted by Gasteiger charge is -2.15. The number of methoxy groups -OCH3 is 4. The Morgan fingerprint density at radius 3 is 2.10 bits per heavy atom. The van der Waals surface area contributed by atoms with Gasteiger partial charge in [-0.2, -0.15) is 0 Å². The van der Waals surface area contributed by atoms with Crippen molar-refractivity contribution >= 4 is 18.2 Å². The minimum atomic E-state index is -4.37. The molecule has 1 aromatic heterocycles. The average Bonchev–Trinajstić information content (AvgIpc) is 3.21. The fourth-order valence-corrected chi connectivity index (χ4v) is 4.72. The van der Waals surface area contributed by atoms with E-state index in [2.05, 4.69) is 10.3 Å². The van der Waals surface area contributed by atoms with Crippen LogP contribution in [0.3, 0.4) is 0 Å². The minimum Gasteiger partial charge on any atom is -0.496 e. The minimum absolute atomic E-state index is 0.293. The van der Waals surface area contributed by atoms with Gasteiger partial charge in [0.05, 0.1) is 50.9 Å². The Kier molecular flexibility index (Phi) is 6.57. The summed E-state index contributed by atoms with van der Waals surface area (Å²) in [6.45, 7) is -4.37. The SMILES string of the molecule is COc1ccc(-c2cnnn2-c2cc(OC)c(OC)c(OC)c2)cc1SP(=O)(O)O. The molecule has 0 atom stereocenters. The first kappa shape index (κ1) is 22.0. The summed E-state index contributed by atoms with van der Waals surface area (Å²) in [5.41, 5.74) is 1.81. The predicted octanol–water partition coefficient (Wildman–Crippen LogP) is 3.15. The largest absolute Gasteiger partial charge is 0.496 e. The Bertz CT molecular complexity index is 1070. The molecule has 0 aliphatic heterocycles. The summed E-state index contributed by atoms with van der Waals surface area (Å²) < 4.78 is 34.4. The molecule has 0 fully saturated rings. The monoisotopic (exact) mass is 453 g/mol. The first-order valence-corrected chi connectivity index (χ1v) is 11.5. The van der Waals surface area contributed by atoms with Gasteiger partial charge in [0.25, 0.3) is 0 Å². The number of hydrogen-bond donors (Lipinski definition) is 2. The Balaban J connectivity index is 2.13. The van der Waals surface area contributed by atoms with Crippen molar-refractivity contribution in [2.75, 3.05) is 28.4 Å². The molecule has 0 radical (unpaired) electrons. The number of benzene rings is 2. The van der Waals surface area contributed by atoms with E-state index in [-0.39, 0.29) is 0 Å². The van der Waals surface area contributed by atoms with Crippen LogP contribution in [0.25, 0.3) is 16.9 Å². The van der Waals surface area contributed by atoms with E-state index >= 15 is 0 Å². The highest BCUT2D eigenvalue weighted by Crippen LogP contribution is 2.57. The van der Waals surface area contributed by atoms with Gasteiger partial charge in [-0.1, -0.05) is 5.21 Å². The molecule has 1 heterocycles. The Hall–Kier alpha value is -2.72. The zero-order valence-corrected chi connectivity index (χ0v) is 18.3. The normalized spacial score (nSPS) is 11.3. The van der Waals surface area contributed by atoms with Gasteiger partial charge in [-0.15, -0.1) is 5.10 Å². The molecule has 0 bridgehead atoms. The third kappa shape index (κ3) is 4.54. The molecule has 0 amide bonds. The van der Waals surface area contributed by atoms with Gasteiger partial charge in [-0.25, -0.2) is 9.25 Å². The van der Waals surface area contributed by atoms with Crippen LogP contribution in [0.1, 0.15) is 0 Å². The molecule has 10 nitrogen and oxygen atoms in total. The van der Waals surface area contributed by atoms with Gasteiger partial charge in [-0.3, -0.25) is 0 Å². The van der Waals surface area contributed by atoms with Crippen LogP contribution in [0.15, 0.2) is 41.4 Å². The number of aromatic nitrogens is 3. The van der Waals surface area contributed by atoms with Gasteiger partial charge in [0.2, 0.25) is 5.75 Å². The van der Waals surface area contributed by atoms with E-state index in [9.17, 15) is 14.4 Å². The molecule has 0 saturated heterocycles. The van der Waals surface area contributed by atoms with Gasteiger partial charge in [0, 0.05) is 17.7 Å². The Labute approximate surface area is 176 Å². The van der Waals surface area contributed by atoms with Gasteiger partial charge in [0.15, 0.2) is 11.5 Å². The Morgan fingerprint density at radius 2 is 1.57 bits per heavy atom. The quantitative estimate of drug-likeness (QED) is 0.491. The lowest BCUT2D eigenvalue weighted by molar-refractivity contribution is 0.324. The summed E-state index contributed by atoms with van der Waals surface area (Å²) in [6.07, 6.45) is 1.54. The van der Waals surface area contributed by atoms with Crippen molar-refractivity contribution in [1.82, 2.24) is 15.0 Å². The summed E-state index contributed by atoms with van der Waals surface area (Å²) in [7, 11) is 5.97. The van der Waals surface area contributed by atoms with Crippen molar-refractivity contribution < 1.29 is 33.3 Å². The number of rotatable bonds is 8. The number of hydrogen-bond acceptors (Lipinski definition) is 8. The topological polar surface area (TPSA) is 125 Å². The lowest BCUT2D eigenvalue weighted by Crippen LogP contribution is -2.03. The van der Waals surface area contributed by atoms with Crippen molar-refractivity contribution in [3.8, 4) is 39.9 Å². The van der Waals surface area contributed by atoms with Crippen LogP contribution in [0, 0.1) is 0 Å². The number of ether oxygens (including phenoxy) is 4. The van der Waals surface area contributed by atoms with Crippen LogP contribution < -0.4 is 18.9 Å². The second-order valence-electron chi connectivity index (χ2n) is 5.86. The molecule has 0 unspecified atom stereocenters. The average molecular weight is 453 g/mol. The fraction of sp³-hybridized carbons (Fsp3) is 0.222. The van der Waals surface area contributed by atoms with E-state index in [1.165, 1.54) is 34.6 Å². The molecular weight excluding hydrogens is 433 g/mol. The van der Waals surface area contributed by atoms with Crippen LogP contribution in [-0.4, -0.2) is 53.2 Å². The summed E-state index contributed by atoms with van der Waals surface area (Å²) >= 11 is 0.417. The van der Waals surface area contributed by atoms with Gasteiger partial charge in [-0.05, 0) is 29.6 Å². The molecule has 160 valence electrons. The molecule has 0 aliphatic rings. The van der Waals surface area contributed by atoms with Gasteiger partial charge in [0.1, 0.15) is 5.75 Å². The van der Waals surface area contributed by atoms with Gasteiger partial charge >= 0.3 is 6.80 Å². The smallest absolute Gasteiger partial charge is 0.388 e. The van der Waals surface area contributed by atoms with E-state index in [0.29, 0.717) is 56.2 Å². The van der Waals surface area contributed by atoms with Crippen LogP contribution in [0.4, 0.5) is 0 Å². The molecule has 0 aliphatic carbocycles. The van der Waals surface area contributed by atoms with Crippen molar-refractivity contribution in [3.63, 3.8) is 0 Å². The summed E-state index contributed by atoms with van der Waals surface area (Å²) in [6, 6.07) is 8.41. The van der Waals surface area contributed by atoms with E-state index in [4.69, 9.17) is 18.9 Å². The van der Waals surface area contributed by atoms with Crippen LogP contribution >= 0.6 is 18.2 Å². The number of nitrogens with zero attached hydrogens (tertiary/aromatic N) is 3. The molecular formula is C18H20N3O7PS. The van der Waals surface area contributed by atoms with Crippen LogP contribution in [0.5, 0.6) is 23.0 Å². The fourth-order valence-electron chi connectivity index (χ4n) is 2.85. The van der Waals surface area contributed by atoms with Gasteiger partial charge < -0.3 is 28.7 Å². The third-order valence-electron chi connectivity index (χ3n) is 4.12. The van der Waals surface area contributed by atoms with E-state index in [1.54, 1.807) is 35.0 Å². The molecule has 12 heteroatoms. The molecule has 2 N–H and O–H groups in total. The molecule has 2 aromatic carbocycles. The summed E-state index contributed by atoms with van der Waals surface area (Å²) in [5.74, 6) is 1.68. The standard InChI is InChI=1S/C18H20N3O7PS/c1-25-14-6-5-11(7-17(14)30-29(22,23)24)13-10-19-20-21(13)12-8-15(26-2)18(28-4)16(9-12)27-3/h5-10H,1-4H3,(H2,22,23,24).